The molecule has 1 N–H and O–H groups in total. The summed E-state index contributed by atoms with van der Waals surface area (Å²) in [4.78, 5) is 13.1. The van der Waals surface area contributed by atoms with Crippen LogP contribution in [0, 0.1) is 10.1 Å². The van der Waals surface area contributed by atoms with Gasteiger partial charge in [0, 0.05) is 25.2 Å². The molecular formula is C15H25N3O2. The summed E-state index contributed by atoms with van der Waals surface area (Å²) in [6.07, 6.45) is 2.18. The van der Waals surface area contributed by atoms with Gasteiger partial charge in [0.2, 0.25) is 0 Å². The zero-order chi connectivity index (χ0) is 15.1. The van der Waals surface area contributed by atoms with Crippen molar-refractivity contribution < 1.29 is 4.92 Å². The molecule has 0 saturated heterocycles. The monoisotopic (exact) mass is 279 g/mol. The molecule has 0 radical (unpaired) electrons. The second kappa shape index (κ2) is 7.85. The van der Waals surface area contributed by atoms with Crippen molar-refractivity contribution in [3.05, 3.63) is 33.9 Å². The fourth-order valence-electron chi connectivity index (χ4n) is 2.50. The normalized spacial score (nSPS) is 11.1. The first kappa shape index (κ1) is 16.4. The van der Waals surface area contributed by atoms with Gasteiger partial charge in [-0.1, -0.05) is 19.9 Å². The van der Waals surface area contributed by atoms with E-state index in [-0.39, 0.29) is 10.6 Å². The minimum Gasteiger partial charge on any atom is -0.380 e. The number of nitro benzene ring substituents is 1. The van der Waals surface area contributed by atoms with Crippen molar-refractivity contribution in [1.29, 1.82) is 0 Å². The first-order valence-electron chi connectivity index (χ1n) is 7.24. The van der Waals surface area contributed by atoms with Crippen molar-refractivity contribution >= 4 is 11.4 Å². The smallest absolute Gasteiger partial charge is 0.292 e. The van der Waals surface area contributed by atoms with E-state index in [4.69, 9.17) is 0 Å². The Labute approximate surface area is 121 Å². The molecule has 20 heavy (non-hydrogen) atoms. The SMILES string of the molecule is CCNc1ccc(CN(C)C(CC)CC)cc1[N+](=O)[O-]. The Balaban J connectivity index is 2.91. The van der Waals surface area contributed by atoms with Crippen molar-refractivity contribution in [2.75, 3.05) is 18.9 Å². The molecule has 0 spiro atoms. The third kappa shape index (κ3) is 4.20. The van der Waals surface area contributed by atoms with E-state index in [0.29, 0.717) is 18.3 Å². The van der Waals surface area contributed by atoms with E-state index in [2.05, 4.69) is 31.1 Å². The van der Waals surface area contributed by atoms with Gasteiger partial charge in [-0.3, -0.25) is 15.0 Å². The van der Waals surface area contributed by atoms with Gasteiger partial charge in [-0.2, -0.15) is 0 Å². The molecule has 0 saturated carbocycles. The lowest BCUT2D eigenvalue weighted by atomic mass is 10.1. The van der Waals surface area contributed by atoms with E-state index >= 15 is 0 Å². The molecule has 0 bridgehead atoms. The molecule has 0 atom stereocenters. The average molecular weight is 279 g/mol. The number of benzene rings is 1. The Morgan fingerprint density at radius 2 is 1.95 bits per heavy atom. The van der Waals surface area contributed by atoms with E-state index < -0.39 is 0 Å². The van der Waals surface area contributed by atoms with E-state index in [1.165, 1.54) is 0 Å². The molecule has 0 fully saturated rings. The number of nitrogens with one attached hydrogen (secondary N) is 1. The second-order valence-electron chi connectivity index (χ2n) is 5.02. The maximum absolute atomic E-state index is 11.1. The summed E-state index contributed by atoms with van der Waals surface area (Å²) >= 11 is 0. The zero-order valence-electron chi connectivity index (χ0n) is 12.8. The Hall–Kier alpha value is -1.62. The minimum absolute atomic E-state index is 0.155. The van der Waals surface area contributed by atoms with E-state index in [1.54, 1.807) is 12.1 Å². The third-order valence-electron chi connectivity index (χ3n) is 3.62. The third-order valence-corrected chi connectivity index (χ3v) is 3.62. The Bertz CT molecular complexity index is 445. The number of hydrogen-bond donors (Lipinski definition) is 1. The van der Waals surface area contributed by atoms with E-state index in [9.17, 15) is 10.1 Å². The molecule has 1 aromatic carbocycles. The molecular weight excluding hydrogens is 254 g/mol. The summed E-state index contributed by atoms with van der Waals surface area (Å²) in [6.45, 7) is 7.68. The van der Waals surface area contributed by atoms with Crippen LogP contribution in [-0.2, 0) is 6.54 Å². The summed E-state index contributed by atoms with van der Waals surface area (Å²) in [7, 11) is 2.07. The zero-order valence-corrected chi connectivity index (χ0v) is 12.8. The van der Waals surface area contributed by atoms with E-state index in [1.807, 2.05) is 13.0 Å². The van der Waals surface area contributed by atoms with Gasteiger partial charge in [-0.25, -0.2) is 0 Å². The average Bonchev–Trinajstić information content (AvgIpc) is 2.42. The predicted molar refractivity (Wildman–Crippen MR) is 83.1 cm³/mol. The summed E-state index contributed by atoms with van der Waals surface area (Å²) in [5.74, 6) is 0. The number of nitro groups is 1. The van der Waals surface area contributed by atoms with Gasteiger partial charge in [0.25, 0.3) is 5.69 Å². The quantitative estimate of drug-likeness (QED) is 0.583. The molecule has 1 aromatic rings. The van der Waals surface area contributed by atoms with Crippen molar-refractivity contribution in [1.82, 2.24) is 4.90 Å². The number of nitrogens with zero attached hydrogens (tertiary/aromatic N) is 2. The molecule has 0 aliphatic carbocycles. The summed E-state index contributed by atoms with van der Waals surface area (Å²) in [6, 6.07) is 5.96. The van der Waals surface area contributed by atoms with Crippen molar-refractivity contribution in [2.24, 2.45) is 0 Å². The Morgan fingerprint density at radius 3 is 2.45 bits per heavy atom. The lowest BCUT2D eigenvalue weighted by molar-refractivity contribution is -0.384. The Kier molecular flexibility index (Phi) is 6.45. The first-order valence-corrected chi connectivity index (χ1v) is 7.24. The highest BCUT2D eigenvalue weighted by Crippen LogP contribution is 2.26. The van der Waals surface area contributed by atoms with Gasteiger partial charge in [0.1, 0.15) is 5.69 Å². The fourth-order valence-corrected chi connectivity index (χ4v) is 2.50. The van der Waals surface area contributed by atoms with Gasteiger partial charge in [0.15, 0.2) is 0 Å². The molecule has 5 nitrogen and oxygen atoms in total. The van der Waals surface area contributed by atoms with Crippen LogP contribution in [-0.4, -0.2) is 29.5 Å². The molecule has 0 aromatic heterocycles. The summed E-state index contributed by atoms with van der Waals surface area (Å²) in [5.41, 5.74) is 1.72. The summed E-state index contributed by atoms with van der Waals surface area (Å²) < 4.78 is 0. The molecule has 112 valence electrons. The lowest BCUT2D eigenvalue weighted by Crippen LogP contribution is -2.29. The van der Waals surface area contributed by atoms with Crippen molar-refractivity contribution in [2.45, 2.75) is 46.2 Å². The number of rotatable bonds is 8. The molecule has 5 heteroatoms. The van der Waals surface area contributed by atoms with Crippen LogP contribution in [0.5, 0.6) is 0 Å². The van der Waals surface area contributed by atoms with Gasteiger partial charge >= 0.3 is 0 Å². The molecule has 0 unspecified atom stereocenters. The topological polar surface area (TPSA) is 58.4 Å². The highest BCUT2D eigenvalue weighted by molar-refractivity contribution is 5.62. The minimum atomic E-state index is -0.321. The van der Waals surface area contributed by atoms with Gasteiger partial charge < -0.3 is 5.32 Å². The molecule has 1 rings (SSSR count). The predicted octanol–water partition coefficient (Wildman–Crippen LogP) is 3.65. The molecule has 0 amide bonds. The largest absolute Gasteiger partial charge is 0.380 e. The van der Waals surface area contributed by atoms with Crippen molar-refractivity contribution in [3.8, 4) is 0 Å². The molecule has 0 aliphatic heterocycles. The van der Waals surface area contributed by atoms with E-state index in [0.717, 1.165) is 24.9 Å². The van der Waals surface area contributed by atoms with Crippen LogP contribution in [0.3, 0.4) is 0 Å². The Morgan fingerprint density at radius 1 is 1.30 bits per heavy atom. The second-order valence-corrected chi connectivity index (χ2v) is 5.02. The van der Waals surface area contributed by atoms with Crippen LogP contribution >= 0.6 is 0 Å². The molecule has 0 heterocycles. The van der Waals surface area contributed by atoms with Crippen LogP contribution in [0.25, 0.3) is 0 Å². The van der Waals surface area contributed by atoms with Crippen LogP contribution < -0.4 is 5.32 Å². The highest BCUT2D eigenvalue weighted by atomic mass is 16.6. The molecule has 0 aliphatic rings. The fraction of sp³-hybridized carbons (Fsp3) is 0.600. The van der Waals surface area contributed by atoms with Gasteiger partial charge in [-0.05, 0) is 38.4 Å². The lowest BCUT2D eigenvalue weighted by Gasteiger charge is -2.26. The number of anilines is 1. The van der Waals surface area contributed by atoms with Crippen LogP contribution in [0.15, 0.2) is 18.2 Å². The first-order chi connectivity index (χ1) is 9.53. The van der Waals surface area contributed by atoms with Gasteiger partial charge in [0.05, 0.1) is 4.92 Å². The maximum atomic E-state index is 11.1. The summed E-state index contributed by atoms with van der Waals surface area (Å²) in [5, 5.41) is 14.2. The number of hydrogen-bond acceptors (Lipinski definition) is 4. The van der Waals surface area contributed by atoms with Crippen molar-refractivity contribution in [3.63, 3.8) is 0 Å². The van der Waals surface area contributed by atoms with Gasteiger partial charge in [-0.15, -0.1) is 0 Å². The highest BCUT2D eigenvalue weighted by Gasteiger charge is 2.16. The van der Waals surface area contributed by atoms with Crippen LogP contribution in [0.2, 0.25) is 0 Å². The van der Waals surface area contributed by atoms with Crippen LogP contribution in [0.1, 0.15) is 39.2 Å². The maximum Gasteiger partial charge on any atom is 0.292 e. The van der Waals surface area contributed by atoms with Crippen LogP contribution in [0.4, 0.5) is 11.4 Å². The standard InChI is InChI=1S/C15H25N3O2/c1-5-13(6-2)17(4)11-12-8-9-14(16-7-3)15(10-12)18(19)20/h8-10,13,16H,5-7,11H2,1-4H3.